The maximum atomic E-state index is 12.3. The van der Waals surface area contributed by atoms with Crippen LogP contribution in [0, 0.1) is 13.8 Å². The molecule has 0 radical (unpaired) electrons. The summed E-state index contributed by atoms with van der Waals surface area (Å²) in [6.07, 6.45) is 0.790. The van der Waals surface area contributed by atoms with Crippen LogP contribution in [0.15, 0.2) is 0 Å². The second-order valence-electron chi connectivity index (χ2n) is 6.39. The van der Waals surface area contributed by atoms with Crippen molar-refractivity contribution in [3.05, 3.63) is 10.6 Å². The molecule has 2 amide bonds. The van der Waals surface area contributed by atoms with E-state index in [2.05, 4.69) is 15.2 Å². The first-order valence-corrected chi connectivity index (χ1v) is 10.1. The first kappa shape index (κ1) is 21.1. The Labute approximate surface area is 163 Å². The number of hydrogen-bond donors (Lipinski definition) is 1. The lowest BCUT2D eigenvalue weighted by atomic mass is 10.3. The zero-order chi connectivity index (χ0) is 19.1. The summed E-state index contributed by atoms with van der Waals surface area (Å²) < 4.78 is 5.33. The largest absolute Gasteiger partial charge is 0.379 e. The SMILES string of the molecule is Cc1nc(NC(=O)CN(CCCN2CCOCC2)C(=O)C(C)Cl)sc1C. The number of carbonyl (C=O) groups excluding carboxylic acids is 2. The molecule has 1 saturated heterocycles. The number of halogens is 1. The molecule has 2 rings (SSSR count). The zero-order valence-electron chi connectivity index (χ0n) is 15.6. The third kappa shape index (κ3) is 6.50. The molecule has 0 saturated carbocycles. The standard InChI is InChI=1S/C17H27ClN4O3S/c1-12(18)16(24)22(6-4-5-21-7-9-25-10-8-21)11-15(23)20-17-19-13(2)14(3)26-17/h12H,4-11H2,1-3H3,(H,19,20,23). The Kier molecular flexibility index (Phi) is 8.27. The minimum atomic E-state index is -0.657. The lowest BCUT2D eigenvalue weighted by Crippen LogP contribution is -2.43. The molecule has 0 aromatic carbocycles. The third-order valence-electron chi connectivity index (χ3n) is 4.27. The van der Waals surface area contributed by atoms with Crippen molar-refractivity contribution in [1.82, 2.24) is 14.8 Å². The van der Waals surface area contributed by atoms with Gasteiger partial charge in [-0.3, -0.25) is 14.5 Å². The average molecular weight is 403 g/mol. The quantitative estimate of drug-likeness (QED) is 0.672. The Morgan fingerprint density at radius 2 is 2.08 bits per heavy atom. The number of hydrogen-bond acceptors (Lipinski definition) is 6. The Morgan fingerprint density at radius 3 is 2.65 bits per heavy atom. The second kappa shape index (κ2) is 10.2. The summed E-state index contributed by atoms with van der Waals surface area (Å²) in [6, 6.07) is 0. The second-order valence-corrected chi connectivity index (χ2v) is 8.25. The summed E-state index contributed by atoms with van der Waals surface area (Å²) in [7, 11) is 0. The van der Waals surface area contributed by atoms with E-state index in [-0.39, 0.29) is 18.4 Å². The predicted octanol–water partition coefficient (Wildman–Crippen LogP) is 1.88. The number of aryl methyl sites for hydroxylation is 2. The fourth-order valence-electron chi connectivity index (χ4n) is 2.69. The van der Waals surface area contributed by atoms with Gasteiger partial charge < -0.3 is 15.0 Å². The van der Waals surface area contributed by atoms with Gasteiger partial charge in [0, 0.05) is 31.1 Å². The first-order valence-electron chi connectivity index (χ1n) is 8.83. The molecule has 1 N–H and O–H groups in total. The summed E-state index contributed by atoms with van der Waals surface area (Å²) in [4.78, 5) is 33.9. The highest BCUT2D eigenvalue weighted by Crippen LogP contribution is 2.21. The molecule has 1 aromatic rings. The number of thiazole rings is 1. The van der Waals surface area contributed by atoms with Crippen molar-refractivity contribution in [1.29, 1.82) is 0 Å². The van der Waals surface area contributed by atoms with Crippen LogP contribution in [0.4, 0.5) is 5.13 Å². The Balaban J connectivity index is 1.86. The van der Waals surface area contributed by atoms with Gasteiger partial charge in [0.2, 0.25) is 11.8 Å². The summed E-state index contributed by atoms with van der Waals surface area (Å²) in [5, 5.41) is 2.68. The Hall–Kier alpha value is -1.22. The molecule has 2 heterocycles. The van der Waals surface area contributed by atoms with Crippen LogP contribution in [0.2, 0.25) is 0 Å². The summed E-state index contributed by atoms with van der Waals surface area (Å²) >= 11 is 7.39. The summed E-state index contributed by atoms with van der Waals surface area (Å²) in [5.74, 6) is -0.480. The topological polar surface area (TPSA) is 74.8 Å². The van der Waals surface area contributed by atoms with Crippen molar-refractivity contribution in [2.45, 2.75) is 32.6 Å². The van der Waals surface area contributed by atoms with Gasteiger partial charge in [-0.05, 0) is 27.2 Å². The number of carbonyl (C=O) groups is 2. The van der Waals surface area contributed by atoms with Crippen molar-refractivity contribution >= 4 is 39.9 Å². The summed E-state index contributed by atoms with van der Waals surface area (Å²) in [6.45, 7) is 10.1. The number of aromatic nitrogens is 1. The molecule has 0 bridgehead atoms. The zero-order valence-corrected chi connectivity index (χ0v) is 17.2. The van der Waals surface area contributed by atoms with Crippen LogP contribution in [-0.4, -0.2) is 77.9 Å². The molecule has 1 fully saturated rings. The third-order valence-corrected chi connectivity index (χ3v) is 5.44. The lowest BCUT2D eigenvalue weighted by Gasteiger charge is -2.28. The van der Waals surface area contributed by atoms with E-state index >= 15 is 0 Å². The smallest absolute Gasteiger partial charge is 0.245 e. The number of nitrogens with zero attached hydrogens (tertiary/aromatic N) is 3. The number of nitrogens with one attached hydrogen (secondary N) is 1. The van der Waals surface area contributed by atoms with E-state index in [0.29, 0.717) is 11.7 Å². The van der Waals surface area contributed by atoms with Crippen molar-refractivity contribution in [2.24, 2.45) is 0 Å². The number of amides is 2. The predicted molar refractivity (Wildman–Crippen MR) is 104 cm³/mol. The van der Waals surface area contributed by atoms with E-state index in [1.807, 2.05) is 13.8 Å². The molecular weight excluding hydrogens is 376 g/mol. The number of morpholine rings is 1. The van der Waals surface area contributed by atoms with Crippen LogP contribution in [0.1, 0.15) is 23.9 Å². The highest BCUT2D eigenvalue weighted by Gasteiger charge is 2.22. The van der Waals surface area contributed by atoms with Crippen molar-refractivity contribution in [3.63, 3.8) is 0 Å². The minimum Gasteiger partial charge on any atom is -0.379 e. The van der Waals surface area contributed by atoms with E-state index in [1.54, 1.807) is 6.92 Å². The van der Waals surface area contributed by atoms with Gasteiger partial charge in [0.25, 0.3) is 0 Å². The van der Waals surface area contributed by atoms with Crippen molar-refractivity contribution in [2.75, 3.05) is 51.3 Å². The molecule has 9 heteroatoms. The molecule has 1 aliphatic heterocycles. The van der Waals surface area contributed by atoms with Crippen LogP contribution in [-0.2, 0) is 14.3 Å². The van der Waals surface area contributed by atoms with E-state index in [4.69, 9.17) is 16.3 Å². The van der Waals surface area contributed by atoms with Gasteiger partial charge in [0.05, 0.1) is 25.5 Å². The average Bonchev–Trinajstić information content (AvgIpc) is 2.91. The Bertz CT molecular complexity index is 598. The van der Waals surface area contributed by atoms with Crippen LogP contribution in [0.5, 0.6) is 0 Å². The molecule has 1 aliphatic rings. The minimum absolute atomic E-state index is 0.0172. The molecule has 7 nitrogen and oxygen atoms in total. The maximum absolute atomic E-state index is 12.3. The molecule has 0 spiro atoms. The number of ether oxygens (including phenoxy) is 1. The highest BCUT2D eigenvalue weighted by atomic mass is 35.5. The van der Waals surface area contributed by atoms with E-state index < -0.39 is 5.38 Å². The number of alkyl halides is 1. The summed E-state index contributed by atoms with van der Waals surface area (Å²) in [5.41, 5.74) is 0.901. The van der Waals surface area contributed by atoms with Crippen molar-refractivity contribution in [3.8, 4) is 0 Å². The Morgan fingerprint density at radius 1 is 1.38 bits per heavy atom. The highest BCUT2D eigenvalue weighted by molar-refractivity contribution is 7.15. The number of anilines is 1. The maximum Gasteiger partial charge on any atom is 0.245 e. The molecular formula is C17H27ClN4O3S. The van der Waals surface area contributed by atoms with E-state index in [9.17, 15) is 9.59 Å². The molecule has 26 heavy (non-hydrogen) atoms. The van der Waals surface area contributed by atoms with Crippen LogP contribution < -0.4 is 5.32 Å². The van der Waals surface area contributed by atoms with Gasteiger partial charge in [0.1, 0.15) is 5.38 Å². The van der Waals surface area contributed by atoms with Gasteiger partial charge in [-0.1, -0.05) is 0 Å². The molecule has 0 aliphatic carbocycles. The van der Waals surface area contributed by atoms with E-state index in [1.165, 1.54) is 16.2 Å². The monoisotopic (exact) mass is 402 g/mol. The molecule has 1 atom stereocenters. The van der Waals surface area contributed by atoms with Crippen LogP contribution >= 0.6 is 22.9 Å². The fraction of sp³-hybridized carbons (Fsp3) is 0.706. The normalized spacial score (nSPS) is 16.3. The fourth-order valence-corrected chi connectivity index (χ4v) is 3.66. The molecule has 146 valence electrons. The van der Waals surface area contributed by atoms with Crippen LogP contribution in [0.3, 0.4) is 0 Å². The van der Waals surface area contributed by atoms with Gasteiger partial charge in [0.15, 0.2) is 5.13 Å². The molecule has 1 unspecified atom stereocenters. The van der Waals surface area contributed by atoms with Crippen molar-refractivity contribution < 1.29 is 14.3 Å². The lowest BCUT2D eigenvalue weighted by molar-refractivity contribution is -0.134. The number of rotatable bonds is 8. The van der Waals surface area contributed by atoms with Gasteiger partial charge in [-0.2, -0.15) is 0 Å². The van der Waals surface area contributed by atoms with Gasteiger partial charge in [-0.15, -0.1) is 22.9 Å². The van der Waals surface area contributed by atoms with Crippen LogP contribution in [0.25, 0.3) is 0 Å². The van der Waals surface area contributed by atoms with E-state index in [0.717, 1.165) is 49.8 Å². The van der Waals surface area contributed by atoms with Gasteiger partial charge in [-0.25, -0.2) is 4.98 Å². The first-order chi connectivity index (χ1) is 12.4. The van der Waals surface area contributed by atoms with Gasteiger partial charge >= 0.3 is 0 Å². The molecule has 1 aromatic heterocycles.